The number of benzene rings is 2. The number of para-hydroxylation sites is 1. The minimum absolute atomic E-state index is 0.0655. The quantitative estimate of drug-likeness (QED) is 0.681. The van der Waals surface area contributed by atoms with Gasteiger partial charge in [0.15, 0.2) is 0 Å². The van der Waals surface area contributed by atoms with Crippen LogP contribution in [0.25, 0.3) is 11.3 Å². The van der Waals surface area contributed by atoms with Gasteiger partial charge in [0.25, 0.3) is 0 Å². The SMILES string of the molecule is O=C(Nc1ccccc1F)N1CCC[C@H]1c1nc(-c2ccccc2)cs1. The maximum atomic E-state index is 13.8. The van der Waals surface area contributed by atoms with Gasteiger partial charge in [0.05, 0.1) is 17.4 Å². The molecule has 3 aromatic rings. The zero-order valence-corrected chi connectivity index (χ0v) is 14.9. The molecule has 0 aliphatic carbocycles. The standard InChI is InChI=1S/C20H18FN3OS/c21-15-9-4-5-10-16(15)23-20(25)24-12-6-11-18(24)19-22-17(13-26-19)14-7-2-1-3-8-14/h1-5,7-10,13,18H,6,11-12H2,(H,23,25)/t18-/m0/s1. The van der Waals surface area contributed by atoms with Crippen LogP contribution in [0.4, 0.5) is 14.9 Å². The lowest BCUT2D eigenvalue weighted by Gasteiger charge is -2.23. The van der Waals surface area contributed by atoms with Gasteiger partial charge in [0.1, 0.15) is 10.8 Å². The number of rotatable bonds is 3. The van der Waals surface area contributed by atoms with E-state index in [0.29, 0.717) is 6.54 Å². The molecule has 2 aromatic carbocycles. The fourth-order valence-electron chi connectivity index (χ4n) is 3.20. The van der Waals surface area contributed by atoms with E-state index in [-0.39, 0.29) is 17.8 Å². The van der Waals surface area contributed by atoms with E-state index in [1.807, 2.05) is 35.7 Å². The Morgan fingerprint density at radius 1 is 1.15 bits per heavy atom. The van der Waals surface area contributed by atoms with Gasteiger partial charge in [0.2, 0.25) is 0 Å². The van der Waals surface area contributed by atoms with Crippen molar-refractivity contribution in [2.24, 2.45) is 0 Å². The number of anilines is 1. The van der Waals surface area contributed by atoms with Gasteiger partial charge < -0.3 is 10.2 Å². The second-order valence-corrected chi connectivity index (χ2v) is 7.09. The van der Waals surface area contributed by atoms with Crippen molar-refractivity contribution in [3.63, 3.8) is 0 Å². The number of thiazole rings is 1. The summed E-state index contributed by atoms with van der Waals surface area (Å²) in [7, 11) is 0. The number of urea groups is 1. The average molecular weight is 367 g/mol. The third-order valence-electron chi connectivity index (χ3n) is 4.51. The van der Waals surface area contributed by atoms with Crippen LogP contribution in [0.5, 0.6) is 0 Å². The average Bonchev–Trinajstić information content (AvgIpc) is 3.33. The van der Waals surface area contributed by atoms with Gasteiger partial charge in [-0.2, -0.15) is 0 Å². The van der Waals surface area contributed by atoms with Gasteiger partial charge >= 0.3 is 6.03 Å². The Kier molecular flexibility index (Phi) is 4.67. The monoisotopic (exact) mass is 367 g/mol. The Balaban J connectivity index is 1.53. The highest BCUT2D eigenvalue weighted by molar-refractivity contribution is 7.10. The number of aromatic nitrogens is 1. The number of hydrogen-bond donors (Lipinski definition) is 1. The van der Waals surface area contributed by atoms with E-state index in [1.54, 1.807) is 34.4 Å². The van der Waals surface area contributed by atoms with Crippen molar-refractivity contribution >= 4 is 23.1 Å². The van der Waals surface area contributed by atoms with Gasteiger partial charge in [-0.1, -0.05) is 42.5 Å². The number of likely N-dealkylation sites (tertiary alicyclic amines) is 1. The van der Waals surface area contributed by atoms with Crippen LogP contribution in [-0.4, -0.2) is 22.5 Å². The first-order valence-electron chi connectivity index (χ1n) is 8.55. The fraction of sp³-hybridized carbons (Fsp3) is 0.200. The third-order valence-corrected chi connectivity index (χ3v) is 5.45. The van der Waals surface area contributed by atoms with E-state index < -0.39 is 5.82 Å². The molecular formula is C20H18FN3OS. The van der Waals surface area contributed by atoms with Crippen LogP contribution in [0.15, 0.2) is 60.0 Å². The number of amides is 2. The smallest absolute Gasteiger partial charge is 0.315 e. The first-order chi connectivity index (χ1) is 12.7. The van der Waals surface area contributed by atoms with Crippen LogP contribution in [0, 0.1) is 5.82 Å². The van der Waals surface area contributed by atoms with Crippen LogP contribution in [0.1, 0.15) is 23.9 Å². The van der Waals surface area contributed by atoms with Gasteiger partial charge in [-0.15, -0.1) is 11.3 Å². The van der Waals surface area contributed by atoms with Gasteiger partial charge in [-0.05, 0) is 25.0 Å². The summed E-state index contributed by atoms with van der Waals surface area (Å²) >= 11 is 1.57. The molecule has 0 radical (unpaired) electrons. The predicted molar refractivity (Wildman–Crippen MR) is 102 cm³/mol. The lowest BCUT2D eigenvalue weighted by molar-refractivity contribution is 0.207. The van der Waals surface area contributed by atoms with Crippen LogP contribution < -0.4 is 5.32 Å². The predicted octanol–water partition coefficient (Wildman–Crippen LogP) is 5.32. The normalized spacial score (nSPS) is 16.7. The maximum absolute atomic E-state index is 13.8. The van der Waals surface area contributed by atoms with E-state index in [1.165, 1.54) is 6.07 Å². The fourth-order valence-corrected chi connectivity index (χ4v) is 4.17. The molecule has 0 saturated carbocycles. The van der Waals surface area contributed by atoms with Crippen molar-refractivity contribution in [2.45, 2.75) is 18.9 Å². The lowest BCUT2D eigenvalue weighted by Crippen LogP contribution is -2.34. The van der Waals surface area contributed by atoms with E-state index in [4.69, 9.17) is 4.98 Å². The molecule has 4 rings (SSSR count). The number of hydrogen-bond acceptors (Lipinski definition) is 3. The molecule has 1 fully saturated rings. The second-order valence-electron chi connectivity index (χ2n) is 6.20. The number of carbonyl (C=O) groups is 1. The largest absolute Gasteiger partial charge is 0.322 e. The van der Waals surface area contributed by atoms with Crippen molar-refractivity contribution in [1.82, 2.24) is 9.88 Å². The highest BCUT2D eigenvalue weighted by Crippen LogP contribution is 2.36. The number of halogens is 1. The molecule has 1 atom stereocenters. The van der Waals surface area contributed by atoms with Gasteiger partial charge in [-0.25, -0.2) is 14.2 Å². The van der Waals surface area contributed by atoms with Crippen molar-refractivity contribution < 1.29 is 9.18 Å². The summed E-state index contributed by atoms with van der Waals surface area (Å²) in [6, 6.07) is 15.8. The van der Waals surface area contributed by atoms with Crippen LogP contribution >= 0.6 is 11.3 Å². The Bertz CT molecular complexity index is 912. The summed E-state index contributed by atoms with van der Waals surface area (Å²) in [5, 5.41) is 5.62. The van der Waals surface area contributed by atoms with E-state index >= 15 is 0 Å². The molecule has 1 aromatic heterocycles. The summed E-state index contributed by atoms with van der Waals surface area (Å²) in [5.41, 5.74) is 2.19. The van der Waals surface area contributed by atoms with Crippen molar-refractivity contribution in [2.75, 3.05) is 11.9 Å². The Labute approximate surface area is 155 Å². The van der Waals surface area contributed by atoms with Gasteiger partial charge in [-0.3, -0.25) is 0 Å². The summed E-state index contributed by atoms with van der Waals surface area (Å²) < 4.78 is 13.8. The Morgan fingerprint density at radius 2 is 1.92 bits per heavy atom. The molecule has 26 heavy (non-hydrogen) atoms. The molecule has 0 spiro atoms. The van der Waals surface area contributed by atoms with Crippen molar-refractivity contribution in [3.8, 4) is 11.3 Å². The summed E-state index contributed by atoms with van der Waals surface area (Å²) in [6.45, 7) is 0.644. The van der Waals surface area contributed by atoms with E-state index in [9.17, 15) is 9.18 Å². The number of carbonyl (C=O) groups excluding carboxylic acids is 1. The van der Waals surface area contributed by atoms with E-state index in [2.05, 4.69) is 5.32 Å². The minimum atomic E-state index is -0.433. The topological polar surface area (TPSA) is 45.2 Å². The zero-order chi connectivity index (χ0) is 17.9. The molecule has 132 valence electrons. The maximum Gasteiger partial charge on any atom is 0.322 e. The minimum Gasteiger partial charge on any atom is -0.315 e. The third kappa shape index (κ3) is 3.32. The van der Waals surface area contributed by atoms with Crippen molar-refractivity contribution in [3.05, 3.63) is 70.8 Å². The van der Waals surface area contributed by atoms with Crippen LogP contribution in [0.2, 0.25) is 0 Å². The molecule has 2 amide bonds. The molecule has 0 unspecified atom stereocenters. The Morgan fingerprint density at radius 3 is 2.73 bits per heavy atom. The molecule has 1 aliphatic heterocycles. The molecule has 4 nitrogen and oxygen atoms in total. The number of nitrogens with zero attached hydrogens (tertiary/aromatic N) is 2. The molecule has 0 bridgehead atoms. The number of nitrogens with one attached hydrogen (secondary N) is 1. The highest BCUT2D eigenvalue weighted by Gasteiger charge is 2.32. The molecular weight excluding hydrogens is 349 g/mol. The van der Waals surface area contributed by atoms with Gasteiger partial charge in [0, 0.05) is 17.5 Å². The molecule has 1 saturated heterocycles. The first-order valence-corrected chi connectivity index (χ1v) is 9.43. The van der Waals surface area contributed by atoms with E-state index in [0.717, 1.165) is 29.1 Å². The molecule has 1 aliphatic rings. The van der Waals surface area contributed by atoms with Crippen LogP contribution in [0.3, 0.4) is 0 Å². The summed E-state index contributed by atoms with van der Waals surface area (Å²) in [5.74, 6) is -0.433. The zero-order valence-electron chi connectivity index (χ0n) is 14.1. The lowest BCUT2D eigenvalue weighted by atomic mass is 10.2. The Hall–Kier alpha value is -2.73. The molecule has 1 N–H and O–H groups in total. The molecule has 6 heteroatoms. The van der Waals surface area contributed by atoms with Crippen molar-refractivity contribution in [1.29, 1.82) is 0 Å². The summed E-state index contributed by atoms with van der Waals surface area (Å²) in [6.07, 6.45) is 1.78. The second kappa shape index (κ2) is 7.25. The van der Waals surface area contributed by atoms with Crippen LogP contribution in [-0.2, 0) is 0 Å². The first kappa shape index (κ1) is 16.7. The highest BCUT2D eigenvalue weighted by atomic mass is 32.1. The summed E-state index contributed by atoms with van der Waals surface area (Å²) in [4.78, 5) is 19.1. The molecule has 2 heterocycles.